The van der Waals surface area contributed by atoms with Gasteiger partial charge in [0, 0.05) is 30.1 Å². The molecular formula is C23H30N4O4. The van der Waals surface area contributed by atoms with Crippen molar-refractivity contribution in [3.05, 3.63) is 57.3 Å². The highest BCUT2D eigenvalue weighted by Crippen LogP contribution is 2.30. The van der Waals surface area contributed by atoms with Crippen molar-refractivity contribution in [2.45, 2.75) is 52.8 Å². The Morgan fingerprint density at radius 1 is 1.26 bits per heavy atom. The second-order valence-corrected chi connectivity index (χ2v) is 7.77. The average molecular weight is 427 g/mol. The molecule has 3 heterocycles. The summed E-state index contributed by atoms with van der Waals surface area (Å²) in [4.78, 5) is 32.4. The normalized spacial score (nSPS) is 13.2. The third-order valence-corrected chi connectivity index (χ3v) is 5.85. The van der Waals surface area contributed by atoms with Gasteiger partial charge in [-0.15, -0.1) is 0 Å². The van der Waals surface area contributed by atoms with Crippen LogP contribution in [0.3, 0.4) is 0 Å². The largest absolute Gasteiger partial charge is 0.496 e. The summed E-state index contributed by atoms with van der Waals surface area (Å²) in [7, 11) is 3.19. The Bertz CT molecular complexity index is 1150. The monoisotopic (exact) mass is 426 g/mol. The first-order valence-electron chi connectivity index (χ1n) is 10.3. The van der Waals surface area contributed by atoms with Gasteiger partial charge in [-0.2, -0.15) is 0 Å². The van der Waals surface area contributed by atoms with E-state index in [2.05, 4.69) is 26.8 Å². The van der Waals surface area contributed by atoms with Crippen molar-refractivity contribution < 1.29 is 14.3 Å². The zero-order chi connectivity index (χ0) is 22.7. The van der Waals surface area contributed by atoms with E-state index in [1.54, 1.807) is 26.3 Å². The third kappa shape index (κ3) is 4.49. The van der Waals surface area contributed by atoms with Gasteiger partial charge >= 0.3 is 0 Å². The number of fused-ring (bicyclic) bond motifs is 1. The molecule has 0 aromatic carbocycles. The number of ether oxygens (including phenoxy) is 2. The molecule has 0 fully saturated rings. The van der Waals surface area contributed by atoms with Crippen LogP contribution in [0.15, 0.2) is 29.2 Å². The summed E-state index contributed by atoms with van der Waals surface area (Å²) in [5, 5.41) is 3.79. The molecule has 0 radical (unpaired) electrons. The molecule has 166 valence electrons. The van der Waals surface area contributed by atoms with E-state index in [-0.39, 0.29) is 36.6 Å². The summed E-state index contributed by atoms with van der Waals surface area (Å²) in [6.45, 7) is 7.96. The number of hydrogen-bond acceptors (Lipinski definition) is 5. The summed E-state index contributed by atoms with van der Waals surface area (Å²) in [5.74, 6) is 0.279. The molecule has 8 heteroatoms. The van der Waals surface area contributed by atoms with Crippen molar-refractivity contribution in [2.24, 2.45) is 0 Å². The lowest BCUT2D eigenvalue weighted by atomic mass is 10.1. The van der Waals surface area contributed by atoms with Gasteiger partial charge in [0.1, 0.15) is 11.4 Å². The summed E-state index contributed by atoms with van der Waals surface area (Å²) >= 11 is 0. The van der Waals surface area contributed by atoms with Crippen LogP contribution in [0.4, 0.5) is 0 Å². The predicted octanol–water partition coefficient (Wildman–Crippen LogP) is 2.80. The molecule has 0 bridgehead atoms. The van der Waals surface area contributed by atoms with Crippen LogP contribution in [0.5, 0.6) is 5.75 Å². The minimum Gasteiger partial charge on any atom is -0.496 e. The van der Waals surface area contributed by atoms with Crippen molar-refractivity contribution in [2.75, 3.05) is 14.2 Å². The smallest absolute Gasteiger partial charge is 0.256 e. The highest BCUT2D eigenvalue weighted by atomic mass is 16.5. The van der Waals surface area contributed by atoms with Gasteiger partial charge in [0.15, 0.2) is 0 Å². The fraction of sp³-hybridized carbons (Fsp3) is 0.435. The van der Waals surface area contributed by atoms with E-state index in [1.807, 2.05) is 26.0 Å². The molecule has 0 aliphatic rings. The number of nitrogens with one attached hydrogen (secondary N) is 2. The maximum atomic E-state index is 12.8. The molecule has 3 aromatic rings. The van der Waals surface area contributed by atoms with Gasteiger partial charge in [-0.05, 0) is 51.5 Å². The Labute approximate surface area is 181 Å². The Morgan fingerprint density at radius 3 is 2.68 bits per heavy atom. The minimum atomic E-state index is -0.267. The van der Waals surface area contributed by atoms with E-state index in [1.165, 1.54) is 7.11 Å². The Kier molecular flexibility index (Phi) is 6.80. The molecule has 3 rings (SSSR count). The van der Waals surface area contributed by atoms with Crippen molar-refractivity contribution in [1.29, 1.82) is 0 Å². The summed E-state index contributed by atoms with van der Waals surface area (Å²) in [6.07, 6.45) is 1.92. The third-order valence-electron chi connectivity index (χ3n) is 5.85. The van der Waals surface area contributed by atoms with Crippen molar-refractivity contribution >= 4 is 16.9 Å². The zero-order valence-electron chi connectivity index (χ0n) is 18.9. The number of H-pyrrole nitrogens is 1. The molecule has 2 atom stereocenters. The molecule has 0 aliphatic heterocycles. The van der Waals surface area contributed by atoms with Gasteiger partial charge in [-0.1, -0.05) is 0 Å². The van der Waals surface area contributed by atoms with E-state index in [4.69, 9.17) is 9.47 Å². The average Bonchev–Trinajstić information content (AvgIpc) is 3.02. The maximum Gasteiger partial charge on any atom is 0.256 e. The maximum absolute atomic E-state index is 12.8. The van der Waals surface area contributed by atoms with Crippen LogP contribution in [0.1, 0.15) is 42.4 Å². The molecule has 0 aliphatic carbocycles. The van der Waals surface area contributed by atoms with Gasteiger partial charge in [-0.25, -0.2) is 4.98 Å². The number of carbonyl (C=O) groups is 1. The second-order valence-electron chi connectivity index (χ2n) is 7.77. The molecule has 2 N–H and O–H groups in total. The van der Waals surface area contributed by atoms with E-state index >= 15 is 0 Å². The Balaban J connectivity index is 1.87. The van der Waals surface area contributed by atoms with Gasteiger partial charge in [-0.3, -0.25) is 9.59 Å². The molecule has 0 saturated heterocycles. The fourth-order valence-corrected chi connectivity index (χ4v) is 3.90. The van der Waals surface area contributed by atoms with Crippen LogP contribution >= 0.6 is 0 Å². The number of rotatable bonds is 8. The summed E-state index contributed by atoms with van der Waals surface area (Å²) < 4.78 is 12.9. The summed E-state index contributed by atoms with van der Waals surface area (Å²) in [6, 6.07) is 5.64. The fourth-order valence-electron chi connectivity index (χ4n) is 3.90. The quantitative estimate of drug-likeness (QED) is 0.577. The first-order chi connectivity index (χ1) is 14.8. The number of amides is 1. The van der Waals surface area contributed by atoms with E-state index in [0.29, 0.717) is 17.0 Å². The van der Waals surface area contributed by atoms with Crippen LogP contribution in [0.2, 0.25) is 0 Å². The van der Waals surface area contributed by atoms with Gasteiger partial charge in [0.25, 0.3) is 5.56 Å². The lowest BCUT2D eigenvalue weighted by molar-refractivity contribution is -0.120. The number of hydrogen-bond donors (Lipinski definition) is 2. The molecule has 0 saturated carbocycles. The van der Waals surface area contributed by atoms with Crippen molar-refractivity contribution in [3.8, 4) is 5.75 Å². The van der Waals surface area contributed by atoms with E-state index < -0.39 is 0 Å². The van der Waals surface area contributed by atoms with E-state index in [9.17, 15) is 9.59 Å². The Morgan fingerprint density at radius 2 is 2.00 bits per heavy atom. The Hall–Kier alpha value is -3.13. The standard InChI is InChI=1S/C23H30N4O4/c1-13-10-20(31-6)19(23(29)26-13)12-25-21(28)11-18-15(3)27(14(2)16(4)30-5)22-17(18)8-7-9-24-22/h7-10,14,16H,11-12H2,1-6H3,(H,25,28)(H,26,29). The van der Waals surface area contributed by atoms with Gasteiger partial charge in [0.05, 0.1) is 37.8 Å². The molecule has 2 unspecified atom stereocenters. The van der Waals surface area contributed by atoms with Gasteiger partial charge < -0.3 is 24.3 Å². The highest BCUT2D eigenvalue weighted by molar-refractivity contribution is 5.89. The lowest BCUT2D eigenvalue weighted by Gasteiger charge is -2.22. The first kappa shape index (κ1) is 22.6. The minimum absolute atomic E-state index is 0.0151. The molecular weight excluding hydrogens is 396 g/mol. The number of nitrogens with zero attached hydrogens (tertiary/aromatic N) is 2. The first-order valence-corrected chi connectivity index (χ1v) is 10.3. The molecule has 0 spiro atoms. The molecule has 3 aromatic heterocycles. The zero-order valence-corrected chi connectivity index (χ0v) is 18.9. The number of pyridine rings is 2. The number of carbonyl (C=O) groups excluding carboxylic acids is 1. The molecule has 8 nitrogen and oxygen atoms in total. The van der Waals surface area contributed by atoms with Crippen LogP contribution in [0, 0.1) is 13.8 Å². The number of aryl methyl sites for hydroxylation is 1. The van der Waals surface area contributed by atoms with Crippen molar-refractivity contribution in [1.82, 2.24) is 19.9 Å². The number of aromatic amines is 1. The number of methoxy groups -OCH3 is 2. The van der Waals surface area contributed by atoms with Crippen LogP contribution < -0.4 is 15.6 Å². The van der Waals surface area contributed by atoms with Gasteiger partial charge in [0.2, 0.25) is 5.91 Å². The molecule has 31 heavy (non-hydrogen) atoms. The second kappa shape index (κ2) is 9.34. The lowest BCUT2D eigenvalue weighted by Crippen LogP contribution is -2.29. The topological polar surface area (TPSA) is 98.2 Å². The van der Waals surface area contributed by atoms with Crippen molar-refractivity contribution in [3.63, 3.8) is 0 Å². The number of aromatic nitrogens is 3. The summed E-state index contributed by atoms with van der Waals surface area (Å²) in [5.41, 5.74) is 3.55. The molecule has 1 amide bonds. The van der Waals surface area contributed by atoms with Crippen LogP contribution in [0.25, 0.3) is 11.0 Å². The van der Waals surface area contributed by atoms with Crippen LogP contribution in [-0.4, -0.2) is 40.8 Å². The van der Waals surface area contributed by atoms with E-state index in [0.717, 1.165) is 22.3 Å². The SMILES string of the molecule is COc1cc(C)[nH]c(=O)c1CNC(=O)Cc1c(C)n(C(C)C(C)OC)c2ncccc12. The van der Waals surface area contributed by atoms with Crippen LogP contribution in [-0.2, 0) is 22.5 Å². The highest BCUT2D eigenvalue weighted by Gasteiger charge is 2.23. The predicted molar refractivity (Wildman–Crippen MR) is 120 cm³/mol.